The Morgan fingerprint density at radius 2 is 1.96 bits per heavy atom. The predicted octanol–water partition coefficient (Wildman–Crippen LogP) is 1.88. The molecule has 2 aromatic heterocycles. The van der Waals surface area contributed by atoms with Crippen molar-refractivity contribution in [2.45, 2.75) is 32.6 Å². The van der Waals surface area contributed by atoms with Crippen LogP contribution in [0.15, 0.2) is 18.2 Å². The van der Waals surface area contributed by atoms with Crippen molar-refractivity contribution in [1.82, 2.24) is 19.5 Å². The maximum atomic E-state index is 12.7. The molecule has 1 atom stereocenters. The first-order valence-corrected chi connectivity index (χ1v) is 8.58. The standard InChI is InChI=1S/C17H23N5O/c1-13-6-4-8-15-18-19-17(22(13)15)21-11-5-7-14(12-21)16(23)20-9-2-3-10-20/h4,6,8,14H,2-3,5,7,9-12H2,1H3/t14-/m1/s1. The highest BCUT2D eigenvalue weighted by molar-refractivity contribution is 5.80. The summed E-state index contributed by atoms with van der Waals surface area (Å²) in [5, 5.41) is 8.66. The average Bonchev–Trinajstić information content (AvgIpc) is 3.24. The molecule has 0 bridgehead atoms. The Kier molecular flexibility index (Phi) is 3.67. The summed E-state index contributed by atoms with van der Waals surface area (Å²) in [6.45, 7) is 5.63. The molecule has 0 unspecified atom stereocenters. The summed E-state index contributed by atoms with van der Waals surface area (Å²) in [5.41, 5.74) is 1.99. The molecule has 4 rings (SSSR count). The Labute approximate surface area is 136 Å². The molecule has 2 aliphatic rings. The van der Waals surface area contributed by atoms with Crippen molar-refractivity contribution in [1.29, 1.82) is 0 Å². The predicted molar refractivity (Wildman–Crippen MR) is 88.5 cm³/mol. The van der Waals surface area contributed by atoms with Gasteiger partial charge in [-0.05, 0) is 44.7 Å². The van der Waals surface area contributed by atoms with Crippen molar-refractivity contribution in [2.75, 3.05) is 31.1 Å². The van der Waals surface area contributed by atoms with Crippen molar-refractivity contribution in [2.24, 2.45) is 5.92 Å². The van der Waals surface area contributed by atoms with Gasteiger partial charge in [0, 0.05) is 31.9 Å². The molecule has 23 heavy (non-hydrogen) atoms. The normalized spacial score (nSPS) is 22.0. The van der Waals surface area contributed by atoms with E-state index in [1.165, 1.54) is 0 Å². The van der Waals surface area contributed by atoms with Crippen LogP contribution >= 0.6 is 0 Å². The number of nitrogens with zero attached hydrogens (tertiary/aromatic N) is 5. The van der Waals surface area contributed by atoms with Crippen LogP contribution in [0.4, 0.5) is 5.95 Å². The zero-order valence-corrected chi connectivity index (χ0v) is 13.6. The minimum atomic E-state index is 0.0956. The number of anilines is 1. The summed E-state index contributed by atoms with van der Waals surface area (Å²) in [6, 6.07) is 6.04. The van der Waals surface area contributed by atoms with E-state index in [1.807, 2.05) is 17.0 Å². The third-order valence-corrected chi connectivity index (χ3v) is 5.08. The molecule has 0 radical (unpaired) electrons. The molecule has 0 aromatic carbocycles. The zero-order chi connectivity index (χ0) is 15.8. The number of hydrogen-bond donors (Lipinski definition) is 0. The molecule has 0 aliphatic carbocycles. The van der Waals surface area contributed by atoms with Crippen LogP contribution in [0.25, 0.3) is 5.65 Å². The van der Waals surface area contributed by atoms with Crippen LogP contribution in [0.5, 0.6) is 0 Å². The van der Waals surface area contributed by atoms with Gasteiger partial charge in [0.2, 0.25) is 11.9 Å². The van der Waals surface area contributed by atoms with E-state index in [1.54, 1.807) is 0 Å². The molecule has 4 heterocycles. The van der Waals surface area contributed by atoms with Gasteiger partial charge < -0.3 is 9.80 Å². The Bertz CT molecular complexity index is 719. The van der Waals surface area contributed by atoms with Crippen molar-refractivity contribution < 1.29 is 4.79 Å². The molecule has 0 N–H and O–H groups in total. The van der Waals surface area contributed by atoms with E-state index < -0.39 is 0 Å². The van der Waals surface area contributed by atoms with Gasteiger partial charge in [-0.1, -0.05) is 6.07 Å². The van der Waals surface area contributed by atoms with E-state index in [4.69, 9.17) is 0 Å². The number of piperidine rings is 1. The van der Waals surface area contributed by atoms with Crippen molar-refractivity contribution >= 4 is 17.5 Å². The van der Waals surface area contributed by atoms with Crippen molar-refractivity contribution in [3.63, 3.8) is 0 Å². The Balaban J connectivity index is 1.58. The maximum absolute atomic E-state index is 12.7. The first kappa shape index (κ1) is 14.5. The molecule has 122 valence electrons. The van der Waals surface area contributed by atoms with Gasteiger partial charge in [-0.25, -0.2) is 0 Å². The topological polar surface area (TPSA) is 53.7 Å². The van der Waals surface area contributed by atoms with Gasteiger partial charge in [0.25, 0.3) is 0 Å². The van der Waals surface area contributed by atoms with Gasteiger partial charge >= 0.3 is 0 Å². The smallest absolute Gasteiger partial charge is 0.231 e. The second-order valence-corrected chi connectivity index (χ2v) is 6.68. The van der Waals surface area contributed by atoms with E-state index >= 15 is 0 Å². The third kappa shape index (κ3) is 2.56. The Hall–Kier alpha value is -2.11. The quantitative estimate of drug-likeness (QED) is 0.849. The molecule has 2 saturated heterocycles. The summed E-state index contributed by atoms with van der Waals surface area (Å²) in [4.78, 5) is 17.0. The molecule has 2 aliphatic heterocycles. The number of aryl methyl sites for hydroxylation is 1. The lowest BCUT2D eigenvalue weighted by atomic mass is 9.97. The number of carbonyl (C=O) groups is 1. The van der Waals surface area contributed by atoms with Crippen LogP contribution in [0.3, 0.4) is 0 Å². The fourth-order valence-electron chi connectivity index (χ4n) is 3.84. The third-order valence-electron chi connectivity index (χ3n) is 5.08. The Morgan fingerprint density at radius 3 is 2.78 bits per heavy atom. The number of hydrogen-bond acceptors (Lipinski definition) is 4. The number of fused-ring (bicyclic) bond motifs is 1. The zero-order valence-electron chi connectivity index (χ0n) is 13.6. The molecule has 1 amide bonds. The van der Waals surface area contributed by atoms with Crippen LogP contribution in [-0.2, 0) is 4.79 Å². The highest BCUT2D eigenvalue weighted by Crippen LogP contribution is 2.25. The summed E-state index contributed by atoms with van der Waals surface area (Å²) in [5.74, 6) is 1.30. The summed E-state index contributed by atoms with van der Waals surface area (Å²) in [6.07, 6.45) is 4.32. The van der Waals surface area contributed by atoms with Crippen LogP contribution < -0.4 is 4.90 Å². The molecular weight excluding hydrogens is 290 g/mol. The van der Waals surface area contributed by atoms with Gasteiger partial charge in [0.15, 0.2) is 5.65 Å². The highest BCUT2D eigenvalue weighted by Gasteiger charge is 2.32. The fraction of sp³-hybridized carbons (Fsp3) is 0.588. The molecule has 2 aromatic rings. The summed E-state index contributed by atoms with van der Waals surface area (Å²) >= 11 is 0. The fourth-order valence-corrected chi connectivity index (χ4v) is 3.84. The number of rotatable bonds is 2. The average molecular weight is 313 g/mol. The monoisotopic (exact) mass is 313 g/mol. The number of amides is 1. The molecule has 0 spiro atoms. The SMILES string of the molecule is Cc1cccc2nnc(N3CCC[C@@H](C(=O)N4CCCC4)C3)n12. The van der Waals surface area contributed by atoms with E-state index in [2.05, 4.69) is 32.5 Å². The van der Waals surface area contributed by atoms with Gasteiger partial charge in [-0.2, -0.15) is 0 Å². The van der Waals surface area contributed by atoms with Crippen LogP contribution in [-0.4, -0.2) is 51.6 Å². The lowest BCUT2D eigenvalue weighted by Gasteiger charge is -2.34. The van der Waals surface area contributed by atoms with E-state index in [0.717, 1.165) is 69.2 Å². The largest absolute Gasteiger partial charge is 0.342 e. The second-order valence-electron chi connectivity index (χ2n) is 6.68. The van der Waals surface area contributed by atoms with Gasteiger partial charge in [-0.15, -0.1) is 10.2 Å². The van der Waals surface area contributed by atoms with Crippen LogP contribution in [0.2, 0.25) is 0 Å². The highest BCUT2D eigenvalue weighted by atomic mass is 16.2. The number of pyridine rings is 1. The minimum Gasteiger partial charge on any atom is -0.342 e. The van der Waals surface area contributed by atoms with Crippen molar-refractivity contribution in [3.8, 4) is 0 Å². The first-order valence-electron chi connectivity index (χ1n) is 8.58. The van der Waals surface area contributed by atoms with Gasteiger partial charge in [-0.3, -0.25) is 9.20 Å². The van der Waals surface area contributed by atoms with E-state index in [9.17, 15) is 4.79 Å². The van der Waals surface area contributed by atoms with E-state index in [-0.39, 0.29) is 5.92 Å². The number of carbonyl (C=O) groups excluding carboxylic acids is 1. The van der Waals surface area contributed by atoms with Gasteiger partial charge in [0.05, 0.1) is 5.92 Å². The number of likely N-dealkylation sites (tertiary alicyclic amines) is 1. The lowest BCUT2D eigenvalue weighted by molar-refractivity contribution is -0.134. The van der Waals surface area contributed by atoms with Crippen LogP contribution in [0.1, 0.15) is 31.4 Å². The first-order chi connectivity index (χ1) is 11.2. The molecule has 6 nitrogen and oxygen atoms in total. The van der Waals surface area contributed by atoms with Crippen molar-refractivity contribution in [3.05, 3.63) is 23.9 Å². The number of aromatic nitrogens is 3. The summed E-state index contributed by atoms with van der Waals surface area (Å²) in [7, 11) is 0. The molecular formula is C17H23N5O. The lowest BCUT2D eigenvalue weighted by Crippen LogP contribution is -2.44. The summed E-state index contributed by atoms with van der Waals surface area (Å²) < 4.78 is 2.09. The van der Waals surface area contributed by atoms with E-state index in [0.29, 0.717) is 5.91 Å². The maximum Gasteiger partial charge on any atom is 0.231 e. The van der Waals surface area contributed by atoms with Crippen LogP contribution in [0, 0.1) is 12.8 Å². The molecule has 2 fully saturated rings. The molecule has 6 heteroatoms. The minimum absolute atomic E-state index is 0.0956. The molecule has 0 saturated carbocycles. The second kappa shape index (κ2) is 5.83. The Morgan fingerprint density at radius 1 is 1.13 bits per heavy atom. The van der Waals surface area contributed by atoms with Gasteiger partial charge in [0.1, 0.15) is 0 Å².